The Morgan fingerprint density at radius 1 is 1.15 bits per heavy atom. The fraction of sp³-hybridized carbons (Fsp3) is 0.632. The molecular weight excluding hydrogens is 242 g/mol. The first-order valence-corrected chi connectivity index (χ1v) is 8.17. The minimum atomic E-state index is 0.375. The van der Waals surface area contributed by atoms with Crippen LogP contribution in [0.3, 0.4) is 0 Å². The molecule has 2 aliphatic carbocycles. The van der Waals surface area contributed by atoms with Crippen molar-refractivity contribution in [3.63, 3.8) is 0 Å². The van der Waals surface area contributed by atoms with Crippen LogP contribution in [0.15, 0.2) is 29.3 Å². The van der Waals surface area contributed by atoms with Gasteiger partial charge in [0.1, 0.15) is 0 Å². The Hall–Kier alpha value is -1.11. The molecule has 1 saturated carbocycles. The van der Waals surface area contributed by atoms with Crippen molar-refractivity contribution in [2.75, 3.05) is 6.54 Å². The Balaban J connectivity index is 2.10. The highest BCUT2D eigenvalue weighted by molar-refractivity contribution is 6.07. The van der Waals surface area contributed by atoms with Crippen LogP contribution in [0, 0.1) is 17.3 Å². The number of aliphatic imine (C=N–C) groups is 1. The topological polar surface area (TPSA) is 12.4 Å². The molecule has 0 aromatic heterocycles. The largest absolute Gasteiger partial charge is 0.289 e. The first-order valence-electron chi connectivity index (χ1n) is 8.17. The Kier molecular flexibility index (Phi) is 3.48. The van der Waals surface area contributed by atoms with Crippen molar-refractivity contribution in [3.8, 4) is 0 Å². The van der Waals surface area contributed by atoms with Crippen molar-refractivity contribution >= 4 is 5.71 Å². The van der Waals surface area contributed by atoms with E-state index in [4.69, 9.17) is 4.99 Å². The minimum Gasteiger partial charge on any atom is -0.289 e. The molecular formula is C19H27N. The monoisotopic (exact) mass is 269 g/mol. The summed E-state index contributed by atoms with van der Waals surface area (Å²) in [7, 11) is 0. The average molecular weight is 269 g/mol. The zero-order valence-corrected chi connectivity index (χ0v) is 13.3. The summed E-state index contributed by atoms with van der Waals surface area (Å²) in [5, 5.41) is 0. The summed E-state index contributed by atoms with van der Waals surface area (Å²) in [5.74, 6) is 2.13. The molecule has 0 aliphatic heterocycles. The van der Waals surface area contributed by atoms with Gasteiger partial charge in [-0.25, -0.2) is 0 Å². The van der Waals surface area contributed by atoms with Crippen molar-refractivity contribution in [2.24, 2.45) is 22.2 Å². The van der Waals surface area contributed by atoms with Gasteiger partial charge in [-0.05, 0) is 48.1 Å². The van der Waals surface area contributed by atoms with Gasteiger partial charge in [-0.3, -0.25) is 4.99 Å². The highest BCUT2D eigenvalue weighted by atomic mass is 14.8. The maximum Gasteiger partial charge on any atom is 0.0463 e. The van der Waals surface area contributed by atoms with Gasteiger partial charge in [-0.15, -0.1) is 0 Å². The second-order valence-corrected chi connectivity index (χ2v) is 7.48. The standard InChI is InChI=1S/C19H27N/c1-5-20-18-15-10-7-6-9-13(15)14-11-8-12-16(17(14)18)19(2,3)4/h6-7,9-10,14,16-17H,5,8,11-12H2,1-4H3. The van der Waals surface area contributed by atoms with Gasteiger partial charge in [0, 0.05) is 18.2 Å². The number of fused-ring (bicyclic) bond motifs is 3. The van der Waals surface area contributed by atoms with Crippen molar-refractivity contribution in [1.82, 2.24) is 0 Å². The lowest BCUT2D eigenvalue weighted by molar-refractivity contribution is 0.133. The summed E-state index contributed by atoms with van der Waals surface area (Å²) in [6.45, 7) is 10.3. The SMILES string of the molecule is CCN=C1c2ccccc2C2CCCC(C(C)(C)C)C12. The molecule has 3 rings (SSSR count). The summed E-state index contributed by atoms with van der Waals surface area (Å²) in [5.41, 5.74) is 4.80. The van der Waals surface area contributed by atoms with Crippen LogP contribution in [0.25, 0.3) is 0 Å². The fourth-order valence-electron chi connectivity index (χ4n) is 4.49. The molecule has 1 aromatic carbocycles. The van der Waals surface area contributed by atoms with Crippen LogP contribution in [0.1, 0.15) is 64.0 Å². The molecule has 1 nitrogen and oxygen atoms in total. The number of hydrogen-bond donors (Lipinski definition) is 0. The molecule has 0 radical (unpaired) electrons. The quantitative estimate of drug-likeness (QED) is 0.676. The molecule has 1 aromatic rings. The van der Waals surface area contributed by atoms with Gasteiger partial charge in [0.15, 0.2) is 0 Å². The van der Waals surface area contributed by atoms with E-state index in [1.165, 1.54) is 30.5 Å². The maximum absolute atomic E-state index is 4.93. The third-order valence-electron chi connectivity index (χ3n) is 5.29. The molecule has 20 heavy (non-hydrogen) atoms. The van der Waals surface area contributed by atoms with Crippen LogP contribution < -0.4 is 0 Å². The van der Waals surface area contributed by atoms with Crippen LogP contribution >= 0.6 is 0 Å². The van der Waals surface area contributed by atoms with Gasteiger partial charge in [0.05, 0.1) is 0 Å². The first kappa shape index (κ1) is 13.9. The number of nitrogens with zero attached hydrogens (tertiary/aromatic N) is 1. The van der Waals surface area contributed by atoms with E-state index in [1.807, 2.05) is 0 Å². The molecule has 1 fully saturated rings. The molecule has 3 unspecified atom stereocenters. The van der Waals surface area contributed by atoms with E-state index in [1.54, 1.807) is 5.56 Å². The van der Waals surface area contributed by atoms with Crippen LogP contribution in [0.2, 0.25) is 0 Å². The molecule has 0 amide bonds. The van der Waals surface area contributed by atoms with E-state index in [2.05, 4.69) is 52.0 Å². The molecule has 0 N–H and O–H groups in total. The normalized spacial score (nSPS) is 31.2. The lowest BCUT2D eigenvalue weighted by atomic mass is 9.62. The summed E-state index contributed by atoms with van der Waals surface area (Å²) < 4.78 is 0. The van der Waals surface area contributed by atoms with E-state index in [0.29, 0.717) is 11.3 Å². The molecule has 0 bridgehead atoms. The van der Waals surface area contributed by atoms with Crippen LogP contribution in [0.5, 0.6) is 0 Å². The van der Waals surface area contributed by atoms with E-state index >= 15 is 0 Å². The zero-order valence-electron chi connectivity index (χ0n) is 13.3. The second kappa shape index (κ2) is 5.02. The summed E-state index contributed by atoms with van der Waals surface area (Å²) >= 11 is 0. The molecule has 108 valence electrons. The summed E-state index contributed by atoms with van der Waals surface area (Å²) in [4.78, 5) is 4.93. The highest BCUT2D eigenvalue weighted by Crippen LogP contribution is 2.54. The second-order valence-electron chi connectivity index (χ2n) is 7.48. The summed E-state index contributed by atoms with van der Waals surface area (Å²) in [6.07, 6.45) is 4.08. The fourth-order valence-corrected chi connectivity index (χ4v) is 4.49. The predicted octanol–water partition coefficient (Wildman–Crippen LogP) is 5.06. The number of benzene rings is 1. The number of rotatable bonds is 1. The van der Waals surface area contributed by atoms with Gasteiger partial charge >= 0.3 is 0 Å². The Morgan fingerprint density at radius 2 is 1.90 bits per heavy atom. The van der Waals surface area contributed by atoms with E-state index < -0.39 is 0 Å². The van der Waals surface area contributed by atoms with Crippen LogP contribution in [-0.2, 0) is 0 Å². The summed E-state index contributed by atoms with van der Waals surface area (Å²) in [6, 6.07) is 9.01. The molecule has 0 heterocycles. The molecule has 3 atom stereocenters. The lowest BCUT2D eigenvalue weighted by Crippen LogP contribution is -2.36. The molecule has 0 saturated heterocycles. The Labute approximate surface area is 123 Å². The predicted molar refractivity (Wildman–Crippen MR) is 86.5 cm³/mol. The van der Waals surface area contributed by atoms with E-state index in [0.717, 1.165) is 18.4 Å². The molecule has 2 aliphatic rings. The maximum atomic E-state index is 4.93. The van der Waals surface area contributed by atoms with E-state index in [9.17, 15) is 0 Å². The van der Waals surface area contributed by atoms with Crippen LogP contribution in [-0.4, -0.2) is 12.3 Å². The van der Waals surface area contributed by atoms with Gasteiger partial charge in [0.2, 0.25) is 0 Å². The van der Waals surface area contributed by atoms with Gasteiger partial charge in [-0.1, -0.05) is 51.5 Å². The minimum absolute atomic E-state index is 0.375. The lowest BCUT2D eigenvalue weighted by Gasteiger charge is -2.42. The van der Waals surface area contributed by atoms with Gasteiger partial charge in [0.25, 0.3) is 0 Å². The third kappa shape index (κ3) is 2.12. The first-order chi connectivity index (χ1) is 9.54. The highest BCUT2D eigenvalue weighted by Gasteiger charge is 2.47. The number of hydrogen-bond acceptors (Lipinski definition) is 1. The zero-order chi connectivity index (χ0) is 14.3. The van der Waals surface area contributed by atoms with Crippen molar-refractivity contribution in [3.05, 3.63) is 35.4 Å². The third-order valence-corrected chi connectivity index (χ3v) is 5.29. The van der Waals surface area contributed by atoms with Crippen LogP contribution in [0.4, 0.5) is 0 Å². The van der Waals surface area contributed by atoms with Crippen molar-refractivity contribution in [1.29, 1.82) is 0 Å². The van der Waals surface area contributed by atoms with E-state index in [-0.39, 0.29) is 0 Å². The van der Waals surface area contributed by atoms with Crippen molar-refractivity contribution < 1.29 is 0 Å². The molecule has 0 spiro atoms. The molecule has 1 heteroatoms. The van der Waals surface area contributed by atoms with Gasteiger partial charge in [-0.2, -0.15) is 0 Å². The van der Waals surface area contributed by atoms with Gasteiger partial charge < -0.3 is 0 Å². The van der Waals surface area contributed by atoms with Crippen molar-refractivity contribution in [2.45, 2.75) is 52.9 Å². The smallest absolute Gasteiger partial charge is 0.0463 e. The average Bonchev–Trinajstić information content (AvgIpc) is 2.73. The Morgan fingerprint density at radius 3 is 2.60 bits per heavy atom. The Bertz CT molecular complexity index is 521.